The summed E-state index contributed by atoms with van der Waals surface area (Å²) in [6, 6.07) is 0. The molecule has 0 unspecified atom stereocenters. The first-order valence-corrected chi connectivity index (χ1v) is 4.31. The average molecular weight is 252 g/mol. The third-order valence-corrected chi connectivity index (χ3v) is 1.57. The molecular weight excluding hydrogens is 238 g/mol. The summed E-state index contributed by atoms with van der Waals surface area (Å²) >= 11 is 0. The Labute approximate surface area is 98.5 Å². The van der Waals surface area contributed by atoms with Crippen LogP contribution in [0.5, 0.6) is 0 Å². The summed E-state index contributed by atoms with van der Waals surface area (Å²) in [4.78, 5) is 10.0. The van der Waals surface area contributed by atoms with Crippen molar-refractivity contribution < 1.29 is 44.9 Å². The van der Waals surface area contributed by atoms with Crippen molar-refractivity contribution in [2.45, 2.75) is 24.4 Å². The molecule has 0 aliphatic carbocycles. The Hall–Kier alpha value is -0.520. The Bertz CT molecular complexity index is 183. The van der Waals surface area contributed by atoms with E-state index in [1.807, 2.05) is 0 Å². The van der Waals surface area contributed by atoms with Crippen molar-refractivity contribution >= 4 is 21.7 Å². The fraction of sp³-hybridized carbons (Fsp3) is 0.833. The van der Waals surface area contributed by atoms with Gasteiger partial charge in [-0.3, -0.25) is 0 Å². The number of carbonyl (C=O) groups is 1. The molecule has 7 N–H and O–H groups in total. The lowest BCUT2D eigenvalue weighted by Gasteiger charge is -2.23. The van der Waals surface area contributed by atoms with E-state index in [-0.39, 0.29) is 14.0 Å². The molecule has 0 aromatic rings. The average Bonchev–Trinajstić information content (AvgIpc) is 2.33. The van der Waals surface area contributed by atoms with Crippen LogP contribution in [0.3, 0.4) is 0 Å². The topological polar surface area (TPSA) is 168 Å². The number of carbonyl (C=O) groups excluding carboxylic acids is 1. The van der Waals surface area contributed by atoms with E-state index < -0.39 is 31.0 Å². The van der Waals surface area contributed by atoms with Gasteiger partial charge >= 0.3 is 15.4 Å². The van der Waals surface area contributed by atoms with Gasteiger partial charge in [0.05, 0.1) is 6.61 Å². The second kappa shape index (κ2) is 12.0. The van der Waals surface area contributed by atoms with Crippen LogP contribution in [0.15, 0.2) is 0 Å². The summed E-state index contributed by atoms with van der Waals surface area (Å²) in [6.45, 7) is -0.472. The molecule has 0 aromatic heterocycles. The van der Waals surface area contributed by atoms with Gasteiger partial charge in [-0.2, -0.15) is 0 Å². The zero-order valence-corrected chi connectivity index (χ0v) is 8.70. The first kappa shape index (κ1) is 18.8. The summed E-state index contributed by atoms with van der Waals surface area (Å²) in [6.07, 6.45) is -6.82. The second-order valence-electron chi connectivity index (χ2n) is 2.73. The number of rotatable bonds is 7. The van der Waals surface area contributed by atoms with Crippen LogP contribution in [0, 0.1) is 0 Å². The van der Waals surface area contributed by atoms with Crippen molar-refractivity contribution in [1.82, 2.24) is 0 Å². The van der Waals surface area contributed by atoms with E-state index >= 15 is 0 Å². The number of hydrogen-bond donors (Lipinski definition) is 7. The molecule has 17 heavy (non-hydrogen) atoms. The summed E-state index contributed by atoms with van der Waals surface area (Å²) in [5.74, 6) is 0. The molecule has 98 valence electrons. The third-order valence-electron chi connectivity index (χ3n) is 1.57. The lowest BCUT2D eigenvalue weighted by molar-refractivity contribution is -0.135. The van der Waals surface area contributed by atoms with Crippen LogP contribution < -0.4 is 0 Å². The predicted molar refractivity (Wildman–Crippen MR) is 54.2 cm³/mol. The quantitative estimate of drug-likeness (QED) is 0.173. The Morgan fingerprint density at radius 3 is 1.88 bits per heavy atom. The molecule has 2 radical (unpaired) electrons. The highest BCUT2D eigenvalue weighted by Gasteiger charge is 2.30. The summed E-state index contributed by atoms with van der Waals surface area (Å²) in [5.41, 5.74) is 0. The molecule has 0 saturated heterocycles. The molecule has 0 fully saturated rings. The molecule has 0 heterocycles. The summed E-state index contributed by atoms with van der Waals surface area (Å²) in [7, 11) is 0.304. The highest BCUT2D eigenvalue weighted by Crippen LogP contribution is 2.04. The first-order valence-electron chi connectivity index (χ1n) is 4.31. The molecule has 0 aliphatic heterocycles. The first-order chi connectivity index (χ1) is 7.95. The van der Waals surface area contributed by atoms with Crippen LogP contribution in [0.4, 0.5) is 0 Å². The number of aliphatic hydroxyl groups is 4. The molecular formula is C6H14B2O9. The molecule has 9 nitrogen and oxygen atoms in total. The van der Waals surface area contributed by atoms with E-state index in [9.17, 15) is 4.79 Å². The standard InChI is InChI=1S/C6H12BO7.BH2O2/c8-1-3(9)5(11)6(12)4(10)2-14-7-13;2-1-3/h1,3-6,9-13H,2H2;2-3H/t3-,4+,5+,6+;/m0./s1. The largest absolute Gasteiger partial charge is 0.485 e. The van der Waals surface area contributed by atoms with Gasteiger partial charge in [-0.15, -0.1) is 0 Å². The maximum atomic E-state index is 10.0. The van der Waals surface area contributed by atoms with E-state index in [0.717, 1.165) is 0 Å². The monoisotopic (exact) mass is 252 g/mol. The molecule has 4 atom stereocenters. The minimum absolute atomic E-state index is 0. The zero-order valence-electron chi connectivity index (χ0n) is 8.70. The molecule has 0 rings (SSSR count). The van der Waals surface area contributed by atoms with Crippen molar-refractivity contribution in [3.63, 3.8) is 0 Å². The zero-order chi connectivity index (χ0) is 13.8. The molecule has 0 bridgehead atoms. The Morgan fingerprint density at radius 2 is 1.53 bits per heavy atom. The minimum atomic E-state index is -1.80. The van der Waals surface area contributed by atoms with Crippen LogP contribution in [-0.2, 0) is 9.45 Å². The maximum Gasteiger partial charge on any atom is 0.485 e. The van der Waals surface area contributed by atoms with Crippen molar-refractivity contribution in [3.8, 4) is 0 Å². The molecule has 0 saturated carbocycles. The highest BCUT2D eigenvalue weighted by atomic mass is 16.5. The van der Waals surface area contributed by atoms with Crippen LogP contribution in [0.25, 0.3) is 0 Å². The van der Waals surface area contributed by atoms with E-state index in [2.05, 4.69) is 4.65 Å². The SMILES string of the molecule is O=C[C@H](O)[C@@H](O)[C@H](O)[C@H](O)CO[B]O.O[B]O. The van der Waals surface area contributed by atoms with Gasteiger partial charge in [0, 0.05) is 0 Å². The lowest BCUT2D eigenvalue weighted by Crippen LogP contribution is -2.46. The van der Waals surface area contributed by atoms with E-state index in [1.165, 1.54) is 0 Å². The van der Waals surface area contributed by atoms with Crippen molar-refractivity contribution in [2.75, 3.05) is 6.61 Å². The van der Waals surface area contributed by atoms with Gasteiger partial charge in [0.1, 0.15) is 24.4 Å². The predicted octanol–water partition coefficient (Wildman–Crippen LogP) is -5.32. The van der Waals surface area contributed by atoms with Crippen LogP contribution >= 0.6 is 0 Å². The van der Waals surface area contributed by atoms with Crippen LogP contribution in [-0.4, -0.2) is 88.2 Å². The highest BCUT2D eigenvalue weighted by molar-refractivity contribution is 6.15. The van der Waals surface area contributed by atoms with Crippen molar-refractivity contribution in [3.05, 3.63) is 0 Å². The number of aldehydes is 1. The molecule has 0 aliphatic rings. The van der Waals surface area contributed by atoms with Gasteiger partial charge < -0.3 is 44.9 Å². The number of hydrogen-bond acceptors (Lipinski definition) is 9. The van der Waals surface area contributed by atoms with Gasteiger partial charge in [-0.1, -0.05) is 0 Å². The Kier molecular flexibility index (Phi) is 13.2. The Morgan fingerprint density at radius 1 is 1.06 bits per heavy atom. The molecule has 0 amide bonds. The molecule has 0 spiro atoms. The number of aliphatic hydroxyl groups excluding tert-OH is 4. The second-order valence-corrected chi connectivity index (χ2v) is 2.73. The van der Waals surface area contributed by atoms with Gasteiger partial charge in [-0.05, 0) is 0 Å². The van der Waals surface area contributed by atoms with Gasteiger partial charge in [0.25, 0.3) is 0 Å². The van der Waals surface area contributed by atoms with E-state index in [1.54, 1.807) is 0 Å². The van der Waals surface area contributed by atoms with Gasteiger partial charge in [0.15, 0.2) is 6.29 Å². The van der Waals surface area contributed by atoms with E-state index in [4.69, 9.17) is 35.5 Å². The van der Waals surface area contributed by atoms with Crippen molar-refractivity contribution in [1.29, 1.82) is 0 Å². The molecule has 0 aromatic carbocycles. The van der Waals surface area contributed by atoms with Gasteiger partial charge in [-0.25, -0.2) is 0 Å². The summed E-state index contributed by atoms with van der Waals surface area (Å²) in [5, 5.41) is 58.1. The maximum absolute atomic E-state index is 10.0. The van der Waals surface area contributed by atoms with Gasteiger partial charge in [0.2, 0.25) is 0 Å². The van der Waals surface area contributed by atoms with E-state index in [0.29, 0.717) is 7.69 Å². The van der Waals surface area contributed by atoms with Crippen LogP contribution in [0.2, 0.25) is 0 Å². The summed E-state index contributed by atoms with van der Waals surface area (Å²) < 4.78 is 4.22. The van der Waals surface area contributed by atoms with Crippen molar-refractivity contribution in [2.24, 2.45) is 0 Å². The minimum Gasteiger partial charge on any atom is -0.429 e. The fourth-order valence-electron chi connectivity index (χ4n) is 0.750. The smallest absolute Gasteiger partial charge is 0.429 e. The fourth-order valence-corrected chi connectivity index (χ4v) is 0.750. The Balaban J connectivity index is 0. The normalized spacial score (nSPS) is 16.9. The van der Waals surface area contributed by atoms with Crippen LogP contribution in [0.1, 0.15) is 0 Å². The lowest BCUT2D eigenvalue weighted by atomic mass is 10.0. The third kappa shape index (κ3) is 9.21. The molecule has 11 heteroatoms.